The fourth-order valence-electron chi connectivity index (χ4n) is 3.69. The first kappa shape index (κ1) is 36.9. The van der Waals surface area contributed by atoms with Crippen LogP contribution in [0.25, 0.3) is 32.7 Å². The largest absolute Gasteiger partial charge is 0.226 e. The second-order valence-electron chi connectivity index (χ2n) is 6.89. The second-order valence-corrected chi connectivity index (χ2v) is 6.89. The summed E-state index contributed by atoms with van der Waals surface area (Å²) < 4.78 is 0. The van der Waals surface area contributed by atoms with Gasteiger partial charge >= 0.3 is 0 Å². The molecule has 5 aromatic carbocycles. The van der Waals surface area contributed by atoms with Gasteiger partial charge in [0.1, 0.15) is 0 Å². The van der Waals surface area contributed by atoms with Crippen LogP contribution in [-0.4, -0.2) is 0 Å². The van der Waals surface area contributed by atoms with Crippen LogP contribution in [0.5, 0.6) is 0 Å². The summed E-state index contributed by atoms with van der Waals surface area (Å²) in [6, 6.07) is 39.5. The number of aryl methyl sites for hydroxylation is 2. The molecule has 5 aromatic rings. The van der Waals surface area contributed by atoms with Crippen molar-refractivity contribution in [1.29, 1.82) is 0 Å². The van der Waals surface area contributed by atoms with Crippen molar-refractivity contribution >= 4 is 21.5 Å². The van der Waals surface area contributed by atoms with Gasteiger partial charge in [0.2, 0.25) is 0 Å². The summed E-state index contributed by atoms with van der Waals surface area (Å²) >= 11 is 0. The number of fused-ring (bicyclic) bond motifs is 2. The Balaban J connectivity index is 0. The topological polar surface area (TPSA) is 0 Å². The zero-order valence-electron chi connectivity index (χ0n) is 24.8. The van der Waals surface area contributed by atoms with E-state index in [0.717, 1.165) is 11.1 Å². The van der Waals surface area contributed by atoms with E-state index in [0.29, 0.717) is 0 Å². The summed E-state index contributed by atoms with van der Waals surface area (Å²) in [4.78, 5) is 0. The molecule has 195 valence electrons. The molecule has 1 heteroatoms. The molecule has 0 fully saturated rings. The molecule has 0 saturated heterocycles. The van der Waals surface area contributed by atoms with Crippen molar-refractivity contribution in [3.63, 3.8) is 0 Å². The standard InChI is InChI=1S/C16H14.C12H8.4C2H6.Y/c1-11-13-7-3-5-9-15(13)12(2)16-10-6-4-8-14(11)16;1-3-7-11(8-4-1)12-9-5-2-6-10-12;4*1-2;/h3-10H,1-2H3;1-7,9H;4*1-2H3;/q;-2;;;;;. The van der Waals surface area contributed by atoms with Gasteiger partial charge in [0, 0.05) is 32.7 Å². The molecule has 0 heterocycles. The van der Waals surface area contributed by atoms with Crippen molar-refractivity contribution in [3.05, 3.63) is 120 Å². The molecular formula is C36H46Y-2. The number of hydrogen-bond donors (Lipinski definition) is 0. The Morgan fingerprint density at radius 3 is 0.838 bits per heavy atom. The van der Waals surface area contributed by atoms with E-state index in [1.807, 2.05) is 104 Å². The Bertz CT molecular complexity index is 1050. The second kappa shape index (κ2) is 22.9. The minimum absolute atomic E-state index is 0. The average molecular weight is 568 g/mol. The number of hydrogen-bond acceptors (Lipinski definition) is 0. The first-order valence-corrected chi connectivity index (χ1v) is 13.6. The van der Waals surface area contributed by atoms with E-state index in [-0.39, 0.29) is 32.7 Å². The van der Waals surface area contributed by atoms with Crippen LogP contribution < -0.4 is 0 Å². The van der Waals surface area contributed by atoms with Crippen molar-refractivity contribution in [1.82, 2.24) is 0 Å². The third-order valence-electron chi connectivity index (χ3n) is 5.18. The average Bonchev–Trinajstić information content (AvgIpc) is 3.01. The molecule has 0 nitrogen and oxygen atoms in total. The number of benzene rings is 5. The van der Waals surface area contributed by atoms with Crippen LogP contribution in [0.4, 0.5) is 0 Å². The molecule has 0 aliphatic rings. The first-order chi connectivity index (χ1) is 17.8. The van der Waals surface area contributed by atoms with Crippen LogP contribution in [0.3, 0.4) is 0 Å². The molecule has 5 rings (SSSR count). The smallest absolute Gasteiger partial charge is 0 e. The monoisotopic (exact) mass is 567 g/mol. The molecule has 0 aliphatic heterocycles. The summed E-state index contributed by atoms with van der Waals surface area (Å²) in [5.41, 5.74) is 4.96. The SMILES string of the molecule is CC.CC.CC.CC.Cc1c2ccccc2c(C)c2ccccc12.[Y].[c-]1ccccc1-c1[c-]cccc1. The van der Waals surface area contributed by atoms with Gasteiger partial charge in [-0.1, -0.05) is 104 Å². The Kier molecular flexibility index (Phi) is 22.8. The molecule has 0 atom stereocenters. The minimum Gasteiger partial charge on any atom is -0.226 e. The van der Waals surface area contributed by atoms with Crippen molar-refractivity contribution in [3.8, 4) is 11.1 Å². The molecule has 0 aliphatic carbocycles. The maximum atomic E-state index is 3.15. The van der Waals surface area contributed by atoms with Crippen molar-refractivity contribution in [2.24, 2.45) is 0 Å². The van der Waals surface area contributed by atoms with E-state index in [1.165, 1.54) is 32.7 Å². The van der Waals surface area contributed by atoms with Gasteiger partial charge < -0.3 is 0 Å². The Morgan fingerprint density at radius 2 is 0.622 bits per heavy atom. The summed E-state index contributed by atoms with van der Waals surface area (Å²) in [5.74, 6) is 0. The zero-order chi connectivity index (χ0) is 27.3. The van der Waals surface area contributed by atoms with Gasteiger partial charge in [-0.05, 0) is 46.5 Å². The molecule has 0 spiro atoms. The fraction of sp³-hybridized carbons (Fsp3) is 0.278. The molecule has 0 saturated carbocycles. The van der Waals surface area contributed by atoms with Gasteiger partial charge in [-0.15, -0.1) is 12.1 Å². The third-order valence-corrected chi connectivity index (χ3v) is 5.18. The van der Waals surface area contributed by atoms with Gasteiger partial charge in [-0.3, -0.25) is 0 Å². The van der Waals surface area contributed by atoms with Gasteiger partial charge in [-0.2, -0.15) is 48.5 Å². The predicted molar refractivity (Wildman–Crippen MR) is 166 cm³/mol. The van der Waals surface area contributed by atoms with Gasteiger partial charge in [-0.25, -0.2) is 11.1 Å². The van der Waals surface area contributed by atoms with E-state index in [9.17, 15) is 0 Å². The number of rotatable bonds is 1. The summed E-state index contributed by atoms with van der Waals surface area (Å²) in [6.45, 7) is 20.4. The maximum Gasteiger partial charge on any atom is 0 e. The maximum absolute atomic E-state index is 3.15. The van der Waals surface area contributed by atoms with Crippen molar-refractivity contribution < 1.29 is 32.7 Å². The normalized spacial score (nSPS) is 8.59. The van der Waals surface area contributed by atoms with Crippen LogP contribution in [-0.2, 0) is 32.7 Å². The molecular weight excluding hydrogens is 521 g/mol. The Labute approximate surface area is 253 Å². The summed E-state index contributed by atoms with van der Waals surface area (Å²) in [5, 5.41) is 5.50. The molecule has 0 aromatic heterocycles. The third kappa shape index (κ3) is 10.9. The fourth-order valence-corrected chi connectivity index (χ4v) is 3.69. The van der Waals surface area contributed by atoms with Crippen LogP contribution in [0.2, 0.25) is 0 Å². The van der Waals surface area contributed by atoms with Crippen molar-refractivity contribution in [2.75, 3.05) is 0 Å². The van der Waals surface area contributed by atoms with Gasteiger partial charge in [0.05, 0.1) is 0 Å². The Hall–Kier alpha value is -2.28. The molecule has 0 bridgehead atoms. The van der Waals surface area contributed by atoms with E-state index >= 15 is 0 Å². The van der Waals surface area contributed by atoms with Crippen LogP contribution in [0.1, 0.15) is 66.5 Å². The van der Waals surface area contributed by atoms with E-state index in [4.69, 9.17) is 0 Å². The molecule has 1 radical (unpaired) electrons. The van der Waals surface area contributed by atoms with Gasteiger partial charge in [0.25, 0.3) is 0 Å². The molecule has 0 amide bonds. The molecule has 0 N–H and O–H groups in total. The van der Waals surface area contributed by atoms with Crippen LogP contribution in [0.15, 0.2) is 97.1 Å². The van der Waals surface area contributed by atoms with E-state index < -0.39 is 0 Å². The minimum atomic E-state index is 0. The van der Waals surface area contributed by atoms with Crippen LogP contribution in [0, 0.1) is 26.0 Å². The Morgan fingerprint density at radius 1 is 0.378 bits per heavy atom. The predicted octanol–water partition coefficient (Wildman–Crippen LogP) is 11.7. The van der Waals surface area contributed by atoms with Crippen LogP contribution >= 0.6 is 0 Å². The van der Waals surface area contributed by atoms with E-state index in [1.54, 1.807) is 0 Å². The summed E-state index contributed by atoms with van der Waals surface area (Å²) in [7, 11) is 0. The summed E-state index contributed by atoms with van der Waals surface area (Å²) in [6.07, 6.45) is 0. The van der Waals surface area contributed by atoms with Crippen molar-refractivity contribution in [2.45, 2.75) is 69.2 Å². The van der Waals surface area contributed by atoms with E-state index in [2.05, 4.69) is 74.5 Å². The van der Waals surface area contributed by atoms with Gasteiger partial charge in [0.15, 0.2) is 0 Å². The quantitative estimate of drug-likeness (QED) is 0.140. The molecule has 0 unspecified atom stereocenters. The first-order valence-electron chi connectivity index (χ1n) is 13.6. The zero-order valence-corrected chi connectivity index (χ0v) is 27.7. The molecule has 37 heavy (non-hydrogen) atoms.